The highest BCUT2D eigenvalue weighted by Gasteiger charge is 2.23. The standard InChI is InChI=1S/C16H14ClF3N2O4S/c1-22(4-5-23)27(25,26)10-2-3-12(17)11(8-10)16(24)21-9-6-13(18)15(20)14(19)7-9/h2-3,6-8,23H,4-5H2,1H3,(H,21,24). The van der Waals surface area contributed by atoms with Crippen molar-refractivity contribution in [3.63, 3.8) is 0 Å². The molecule has 6 nitrogen and oxygen atoms in total. The zero-order chi connectivity index (χ0) is 20.4. The summed E-state index contributed by atoms with van der Waals surface area (Å²) >= 11 is 5.92. The number of likely N-dealkylation sites (N-methyl/N-ethyl adjacent to an activating group) is 1. The van der Waals surface area contributed by atoms with Crippen LogP contribution in [0.5, 0.6) is 0 Å². The van der Waals surface area contributed by atoms with Crippen LogP contribution in [0, 0.1) is 17.5 Å². The van der Waals surface area contributed by atoms with E-state index < -0.39 is 40.0 Å². The number of anilines is 1. The fraction of sp³-hybridized carbons (Fsp3) is 0.188. The van der Waals surface area contributed by atoms with Gasteiger partial charge in [-0.05, 0) is 18.2 Å². The highest BCUT2D eigenvalue weighted by atomic mass is 35.5. The van der Waals surface area contributed by atoms with Gasteiger partial charge >= 0.3 is 0 Å². The lowest BCUT2D eigenvalue weighted by Gasteiger charge is -2.17. The molecule has 0 saturated heterocycles. The molecule has 0 radical (unpaired) electrons. The smallest absolute Gasteiger partial charge is 0.257 e. The van der Waals surface area contributed by atoms with E-state index in [4.69, 9.17) is 16.7 Å². The van der Waals surface area contributed by atoms with E-state index in [0.29, 0.717) is 12.1 Å². The Bertz CT molecular complexity index is 963. The molecule has 0 bridgehead atoms. The minimum Gasteiger partial charge on any atom is -0.395 e. The van der Waals surface area contributed by atoms with E-state index in [0.717, 1.165) is 10.4 Å². The number of aliphatic hydroxyl groups is 1. The van der Waals surface area contributed by atoms with Gasteiger partial charge in [0, 0.05) is 31.4 Å². The van der Waals surface area contributed by atoms with Crippen LogP contribution in [0.15, 0.2) is 35.2 Å². The molecule has 27 heavy (non-hydrogen) atoms. The second kappa shape index (κ2) is 8.26. The number of hydrogen-bond donors (Lipinski definition) is 2. The SMILES string of the molecule is CN(CCO)S(=O)(=O)c1ccc(Cl)c(C(=O)Nc2cc(F)c(F)c(F)c2)c1. The zero-order valence-electron chi connectivity index (χ0n) is 13.8. The molecule has 0 heterocycles. The monoisotopic (exact) mass is 422 g/mol. The quantitative estimate of drug-likeness (QED) is 0.701. The molecule has 2 rings (SSSR count). The normalized spacial score (nSPS) is 11.7. The molecule has 11 heteroatoms. The molecule has 0 spiro atoms. The van der Waals surface area contributed by atoms with Crippen LogP contribution in [-0.2, 0) is 10.0 Å². The van der Waals surface area contributed by atoms with Crippen molar-refractivity contribution < 1.29 is 31.5 Å². The second-order valence-corrected chi connectivity index (χ2v) is 7.85. The Kier molecular flexibility index (Phi) is 6.47. The number of carbonyl (C=O) groups excluding carboxylic acids is 1. The number of aliphatic hydroxyl groups excluding tert-OH is 1. The van der Waals surface area contributed by atoms with Crippen molar-refractivity contribution in [2.24, 2.45) is 0 Å². The Hall–Kier alpha value is -2.14. The van der Waals surface area contributed by atoms with Crippen LogP contribution in [0.2, 0.25) is 5.02 Å². The van der Waals surface area contributed by atoms with Crippen LogP contribution >= 0.6 is 11.6 Å². The highest BCUT2D eigenvalue weighted by Crippen LogP contribution is 2.24. The summed E-state index contributed by atoms with van der Waals surface area (Å²) in [7, 11) is -2.76. The molecule has 0 saturated carbocycles. The van der Waals surface area contributed by atoms with Gasteiger partial charge in [-0.3, -0.25) is 4.79 Å². The fourth-order valence-corrected chi connectivity index (χ4v) is 3.50. The van der Waals surface area contributed by atoms with Crippen molar-refractivity contribution in [3.8, 4) is 0 Å². The zero-order valence-corrected chi connectivity index (χ0v) is 15.4. The Morgan fingerprint density at radius 3 is 2.33 bits per heavy atom. The van der Waals surface area contributed by atoms with Crippen molar-refractivity contribution in [3.05, 3.63) is 58.4 Å². The Balaban J connectivity index is 2.37. The maximum absolute atomic E-state index is 13.3. The van der Waals surface area contributed by atoms with Crippen molar-refractivity contribution >= 4 is 33.2 Å². The molecule has 0 fully saturated rings. The van der Waals surface area contributed by atoms with Gasteiger partial charge < -0.3 is 10.4 Å². The first-order valence-electron chi connectivity index (χ1n) is 7.40. The first-order valence-corrected chi connectivity index (χ1v) is 9.22. The lowest BCUT2D eigenvalue weighted by atomic mass is 10.2. The van der Waals surface area contributed by atoms with Gasteiger partial charge in [-0.15, -0.1) is 0 Å². The number of nitrogens with one attached hydrogen (secondary N) is 1. The summed E-state index contributed by atoms with van der Waals surface area (Å²) in [6, 6.07) is 4.46. The minimum absolute atomic E-state index is 0.112. The summed E-state index contributed by atoms with van der Waals surface area (Å²) in [5.74, 6) is -5.64. The number of nitrogens with zero attached hydrogens (tertiary/aromatic N) is 1. The molecule has 0 aliphatic carbocycles. The van der Waals surface area contributed by atoms with Crippen LogP contribution in [0.1, 0.15) is 10.4 Å². The van der Waals surface area contributed by atoms with Crippen molar-refractivity contribution in [1.29, 1.82) is 0 Å². The fourth-order valence-electron chi connectivity index (χ4n) is 2.11. The Labute approximate surface area is 158 Å². The second-order valence-electron chi connectivity index (χ2n) is 5.40. The number of benzene rings is 2. The predicted molar refractivity (Wildman–Crippen MR) is 92.6 cm³/mol. The van der Waals surface area contributed by atoms with Crippen molar-refractivity contribution in [1.82, 2.24) is 4.31 Å². The van der Waals surface area contributed by atoms with Crippen molar-refractivity contribution in [2.75, 3.05) is 25.5 Å². The minimum atomic E-state index is -4.00. The van der Waals surface area contributed by atoms with E-state index >= 15 is 0 Å². The number of amides is 1. The largest absolute Gasteiger partial charge is 0.395 e. The molecule has 2 aromatic rings. The van der Waals surface area contributed by atoms with E-state index in [1.165, 1.54) is 19.2 Å². The summed E-state index contributed by atoms with van der Waals surface area (Å²) in [6.07, 6.45) is 0. The third kappa shape index (κ3) is 4.59. The first kappa shape index (κ1) is 21.2. The van der Waals surface area contributed by atoms with E-state index in [2.05, 4.69) is 5.32 Å². The van der Waals surface area contributed by atoms with E-state index in [1.807, 2.05) is 0 Å². The van der Waals surface area contributed by atoms with Crippen LogP contribution < -0.4 is 5.32 Å². The average Bonchev–Trinajstić information content (AvgIpc) is 2.59. The average molecular weight is 423 g/mol. The predicted octanol–water partition coefficient (Wildman–Crippen LogP) is 2.62. The Morgan fingerprint density at radius 2 is 1.78 bits per heavy atom. The van der Waals surface area contributed by atoms with E-state index in [9.17, 15) is 26.4 Å². The van der Waals surface area contributed by atoms with Gasteiger partial charge in [-0.1, -0.05) is 11.6 Å². The van der Waals surface area contributed by atoms with Crippen molar-refractivity contribution in [2.45, 2.75) is 4.90 Å². The van der Waals surface area contributed by atoms with Gasteiger partial charge in [0.05, 0.1) is 22.1 Å². The van der Waals surface area contributed by atoms with Gasteiger partial charge in [-0.2, -0.15) is 4.31 Å². The van der Waals surface area contributed by atoms with Crippen LogP contribution in [0.3, 0.4) is 0 Å². The lowest BCUT2D eigenvalue weighted by Crippen LogP contribution is -2.29. The number of carbonyl (C=O) groups is 1. The number of hydrogen-bond acceptors (Lipinski definition) is 4. The molecule has 0 atom stereocenters. The summed E-state index contributed by atoms with van der Waals surface area (Å²) < 4.78 is 65.2. The summed E-state index contributed by atoms with van der Waals surface area (Å²) in [5.41, 5.74) is -0.654. The molecule has 1 amide bonds. The molecular weight excluding hydrogens is 409 g/mol. The molecule has 146 valence electrons. The highest BCUT2D eigenvalue weighted by molar-refractivity contribution is 7.89. The van der Waals surface area contributed by atoms with Crippen LogP contribution in [-0.4, -0.2) is 43.9 Å². The molecule has 2 aromatic carbocycles. The van der Waals surface area contributed by atoms with E-state index in [-0.39, 0.29) is 27.7 Å². The van der Waals surface area contributed by atoms with Gasteiger partial charge in [0.25, 0.3) is 5.91 Å². The molecule has 0 aromatic heterocycles. The third-order valence-electron chi connectivity index (χ3n) is 3.55. The molecule has 0 unspecified atom stereocenters. The number of rotatable bonds is 6. The molecule has 0 aliphatic heterocycles. The van der Waals surface area contributed by atoms with Gasteiger partial charge in [0.1, 0.15) is 0 Å². The molecular formula is C16H14ClF3N2O4S. The van der Waals surface area contributed by atoms with Crippen LogP contribution in [0.4, 0.5) is 18.9 Å². The summed E-state index contributed by atoms with van der Waals surface area (Å²) in [4.78, 5) is 12.1. The summed E-state index contributed by atoms with van der Waals surface area (Å²) in [5, 5.41) is 10.9. The lowest BCUT2D eigenvalue weighted by molar-refractivity contribution is 0.102. The summed E-state index contributed by atoms with van der Waals surface area (Å²) in [6.45, 7) is -0.570. The Morgan fingerprint density at radius 1 is 1.19 bits per heavy atom. The third-order valence-corrected chi connectivity index (χ3v) is 5.73. The van der Waals surface area contributed by atoms with Gasteiger partial charge in [0.15, 0.2) is 17.5 Å². The van der Waals surface area contributed by atoms with Gasteiger partial charge in [-0.25, -0.2) is 21.6 Å². The molecule has 0 aliphatic rings. The van der Waals surface area contributed by atoms with Crippen LogP contribution in [0.25, 0.3) is 0 Å². The number of sulfonamides is 1. The topological polar surface area (TPSA) is 86.7 Å². The molecule has 2 N–H and O–H groups in total. The number of halogens is 4. The first-order chi connectivity index (χ1) is 12.6. The maximum Gasteiger partial charge on any atom is 0.257 e. The van der Waals surface area contributed by atoms with Gasteiger partial charge in [0.2, 0.25) is 10.0 Å². The van der Waals surface area contributed by atoms with E-state index in [1.54, 1.807) is 0 Å². The maximum atomic E-state index is 13.3.